The molecule has 0 aliphatic heterocycles. The Kier molecular flexibility index (Phi) is 2.73. The van der Waals surface area contributed by atoms with Gasteiger partial charge in [0.05, 0.1) is 11.3 Å². The lowest BCUT2D eigenvalue weighted by atomic mass is 10.2. The van der Waals surface area contributed by atoms with E-state index in [2.05, 4.69) is 0 Å². The molecule has 1 aromatic rings. The molecule has 0 atom stereocenters. The number of phenols is 1. The smallest absolute Gasteiger partial charge is 0.357 e. The monoisotopic (exact) mass is 217 g/mol. The number of phenolic OH excluding ortho intramolecular Hbond substituents is 1. The molecule has 0 aliphatic rings. The maximum Gasteiger partial charge on any atom is 0.357 e. The Hall–Kier alpha value is -1.60. The number of nitrogens with one attached hydrogen (secondary N) is 1. The summed E-state index contributed by atoms with van der Waals surface area (Å²) in [6.07, 6.45) is 0.366. The Morgan fingerprint density at radius 1 is 1.36 bits per heavy atom. The van der Waals surface area contributed by atoms with Gasteiger partial charge in [0, 0.05) is 0 Å². The summed E-state index contributed by atoms with van der Waals surface area (Å²) in [6, 6.07) is 3.87. The van der Waals surface area contributed by atoms with Gasteiger partial charge in [0.1, 0.15) is 5.75 Å². The van der Waals surface area contributed by atoms with E-state index in [1.54, 1.807) is 4.72 Å². The van der Waals surface area contributed by atoms with E-state index in [1.807, 2.05) is 0 Å². The van der Waals surface area contributed by atoms with Crippen LogP contribution in [-0.4, -0.2) is 24.4 Å². The van der Waals surface area contributed by atoms with Crippen molar-refractivity contribution >= 4 is 22.3 Å². The predicted molar refractivity (Wildman–Crippen MR) is 48.7 cm³/mol. The molecule has 3 N–H and O–H groups in total. The molecule has 0 unspecified atom stereocenters. The Bertz CT molecular complexity index is 453. The van der Waals surface area contributed by atoms with E-state index < -0.39 is 16.1 Å². The molecular formula is C7H7NO5S. The van der Waals surface area contributed by atoms with E-state index >= 15 is 0 Å². The van der Waals surface area contributed by atoms with Crippen molar-refractivity contribution in [2.24, 2.45) is 0 Å². The van der Waals surface area contributed by atoms with Gasteiger partial charge in [-0.2, -0.15) is 8.42 Å². The van der Waals surface area contributed by atoms with Gasteiger partial charge in [-0.3, -0.25) is 14.1 Å². The zero-order valence-electron chi connectivity index (χ0n) is 6.84. The lowest BCUT2D eigenvalue weighted by Gasteiger charge is -2.05. The first-order chi connectivity index (χ1) is 6.44. The average molecular weight is 217 g/mol. The van der Waals surface area contributed by atoms with Crippen molar-refractivity contribution in [1.82, 2.24) is 0 Å². The molecule has 0 aliphatic carbocycles. The van der Waals surface area contributed by atoms with E-state index in [1.165, 1.54) is 18.2 Å². The number of aromatic hydroxyl groups is 1. The van der Waals surface area contributed by atoms with Gasteiger partial charge in [-0.05, 0) is 12.1 Å². The van der Waals surface area contributed by atoms with Crippen molar-refractivity contribution < 1.29 is 22.9 Å². The maximum atomic E-state index is 10.4. The summed E-state index contributed by atoms with van der Waals surface area (Å²) >= 11 is 0. The Balaban J connectivity index is 3.17. The quantitative estimate of drug-likeness (QED) is 0.386. The molecule has 1 rings (SSSR count). The van der Waals surface area contributed by atoms with E-state index in [9.17, 15) is 18.3 Å². The molecule has 0 aromatic heterocycles. The molecule has 0 fully saturated rings. The van der Waals surface area contributed by atoms with Gasteiger partial charge >= 0.3 is 10.3 Å². The van der Waals surface area contributed by atoms with Gasteiger partial charge < -0.3 is 5.11 Å². The molecule has 0 radical (unpaired) electrons. The number of hydrogen-bond donors (Lipinski definition) is 3. The zero-order chi connectivity index (χ0) is 10.8. The van der Waals surface area contributed by atoms with Crippen LogP contribution >= 0.6 is 0 Å². The van der Waals surface area contributed by atoms with Gasteiger partial charge in [-0.15, -0.1) is 0 Å². The number of hydrogen-bond acceptors (Lipinski definition) is 4. The third-order valence-corrected chi connectivity index (χ3v) is 1.91. The highest BCUT2D eigenvalue weighted by Crippen LogP contribution is 2.26. The Labute approximate surface area is 80.1 Å². The highest BCUT2D eigenvalue weighted by molar-refractivity contribution is 7.87. The van der Waals surface area contributed by atoms with Crippen molar-refractivity contribution in [3.8, 4) is 5.75 Å². The van der Waals surface area contributed by atoms with Crippen LogP contribution in [0.4, 0.5) is 5.69 Å². The van der Waals surface area contributed by atoms with Crippen molar-refractivity contribution in [3.05, 3.63) is 23.8 Å². The molecule has 1 aromatic carbocycles. The summed E-state index contributed by atoms with van der Waals surface area (Å²) in [7, 11) is -4.45. The summed E-state index contributed by atoms with van der Waals surface area (Å²) in [5.41, 5.74) is -0.323. The summed E-state index contributed by atoms with van der Waals surface area (Å²) in [6.45, 7) is 0. The first-order valence-corrected chi connectivity index (χ1v) is 4.90. The molecule has 0 amide bonds. The molecule has 6 nitrogen and oxygen atoms in total. The minimum Gasteiger partial charge on any atom is -0.505 e. The summed E-state index contributed by atoms with van der Waals surface area (Å²) < 4.78 is 30.9. The fourth-order valence-corrected chi connectivity index (χ4v) is 1.32. The largest absolute Gasteiger partial charge is 0.505 e. The van der Waals surface area contributed by atoms with E-state index in [4.69, 9.17) is 4.55 Å². The van der Waals surface area contributed by atoms with Crippen molar-refractivity contribution in [2.45, 2.75) is 0 Å². The summed E-state index contributed by atoms with van der Waals surface area (Å²) in [5.74, 6) is -0.528. The van der Waals surface area contributed by atoms with Gasteiger partial charge in [-0.25, -0.2) is 0 Å². The Morgan fingerprint density at radius 3 is 2.50 bits per heavy atom. The van der Waals surface area contributed by atoms with Crippen molar-refractivity contribution in [2.75, 3.05) is 4.72 Å². The van der Waals surface area contributed by atoms with Crippen molar-refractivity contribution in [1.29, 1.82) is 0 Å². The topological polar surface area (TPSA) is 104 Å². The zero-order valence-corrected chi connectivity index (χ0v) is 7.65. The van der Waals surface area contributed by atoms with Gasteiger partial charge in [0.25, 0.3) is 0 Å². The number of aldehydes is 1. The number of rotatable bonds is 3. The minimum absolute atomic E-state index is 0.0707. The number of carbonyl (C=O) groups is 1. The highest BCUT2D eigenvalue weighted by atomic mass is 32.2. The molecule has 7 heteroatoms. The van der Waals surface area contributed by atoms with E-state index in [-0.39, 0.29) is 11.3 Å². The molecular weight excluding hydrogens is 210 g/mol. The molecule has 0 saturated heterocycles. The average Bonchev–Trinajstić information content (AvgIpc) is 2.06. The molecule has 0 bridgehead atoms. The predicted octanol–water partition coefficient (Wildman–Crippen LogP) is 0.419. The third kappa shape index (κ3) is 2.44. The first kappa shape index (κ1) is 10.5. The van der Waals surface area contributed by atoms with E-state index in [0.29, 0.717) is 6.29 Å². The second kappa shape index (κ2) is 3.64. The summed E-state index contributed by atoms with van der Waals surface area (Å²) in [5, 5.41) is 9.28. The standard InChI is InChI=1S/C7H7NO5S/c9-4-5-2-1-3-6(7(5)10)8-14(11,12)13/h1-4,8,10H,(H,11,12,13). The molecule has 14 heavy (non-hydrogen) atoms. The maximum absolute atomic E-state index is 10.4. The van der Waals surface area contributed by atoms with Crippen LogP contribution in [0.5, 0.6) is 5.75 Å². The first-order valence-electron chi connectivity index (χ1n) is 3.46. The normalized spacial score (nSPS) is 10.9. The second-order valence-corrected chi connectivity index (χ2v) is 3.59. The third-order valence-electron chi connectivity index (χ3n) is 1.43. The molecule has 0 spiro atoms. The van der Waals surface area contributed by atoms with Crippen LogP contribution in [0.2, 0.25) is 0 Å². The highest BCUT2D eigenvalue weighted by Gasteiger charge is 2.10. The van der Waals surface area contributed by atoms with Crippen LogP contribution in [-0.2, 0) is 10.3 Å². The molecule has 0 saturated carbocycles. The molecule has 0 heterocycles. The number of anilines is 1. The van der Waals surface area contributed by atoms with Crippen LogP contribution in [0.25, 0.3) is 0 Å². The Morgan fingerprint density at radius 2 is 2.00 bits per heavy atom. The van der Waals surface area contributed by atoms with Crippen LogP contribution in [0.1, 0.15) is 10.4 Å². The van der Waals surface area contributed by atoms with Gasteiger partial charge in [-0.1, -0.05) is 6.07 Å². The van der Waals surface area contributed by atoms with Crippen molar-refractivity contribution in [3.63, 3.8) is 0 Å². The fourth-order valence-electron chi connectivity index (χ4n) is 0.878. The van der Waals surface area contributed by atoms with Crippen LogP contribution in [0, 0.1) is 0 Å². The van der Waals surface area contributed by atoms with Crippen LogP contribution < -0.4 is 4.72 Å². The number of para-hydroxylation sites is 1. The molecule has 76 valence electrons. The lowest BCUT2D eigenvalue weighted by molar-refractivity contribution is 0.112. The van der Waals surface area contributed by atoms with Gasteiger partial charge in [0.15, 0.2) is 6.29 Å². The van der Waals surface area contributed by atoms with E-state index in [0.717, 1.165) is 0 Å². The van der Waals surface area contributed by atoms with Crippen LogP contribution in [0.15, 0.2) is 18.2 Å². The minimum atomic E-state index is -4.45. The summed E-state index contributed by atoms with van der Waals surface area (Å²) in [4.78, 5) is 10.3. The van der Waals surface area contributed by atoms with Crippen LogP contribution in [0.3, 0.4) is 0 Å². The SMILES string of the molecule is O=Cc1cccc(NS(=O)(=O)O)c1O. The lowest BCUT2D eigenvalue weighted by Crippen LogP contribution is -2.10. The second-order valence-electron chi connectivity index (χ2n) is 2.44. The fraction of sp³-hybridized carbons (Fsp3) is 0. The van der Waals surface area contributed by atoms with Gasteiger partial charge in [0.2, 0.25) is 0 Å². The number of carbonyl (C=O) groups excluding carboxylic acids is 1. The number of benzene rings is 1.